The molecule has 0 unspecified atom stereocenters. The highest BCUT2D eigenvalue weighted by Crippen LogP contribution is 2.22. The van der Waals surface area contributed by atoms with Gasteiger partial charge in [-0.1, -0.05) is 5.16 Å². The second-order valence-electron chi connectivity index (χ2n) is 5.01. The van der Waals surface area contributed by atoms with Crippen LogP contribution in [-0.2, 0) is 0 Å². The average Bonchev–Trinajstić information content (AvgIpc) is 2.93. The van der Waals surface area contributed by atoms with Crippen molar-refractivity contribution in [2.75, 3.05) is 33.8 Å². The van der Waals surface area contributed by atoms with Crippen LogP contribution in [0, 0.1) is 12.8 Å². The lowest BCUT2D eigenvalue weighted by Crippen LogP contribution is -2.37. The number of aliphatic hydroxyl groups is 1. The number of aryl methyl sites for hydroxylation is 1. The predicted octanol–water partition coefficient (Wildman–Crippen LogP) is -0.0225. The summed E-state index contributed by atoms with van der Waals surface area (Å²) in [4.78, 5) is 16.0. The quantitative estimate of drug-likeness (QED) is 0.819. The first-order valence-electron chi connectivity index (χ1n) is 6.02. The standard InChI is InChI=1S/C12H19N3O3/c1-8-4-10(13-18-8)12(17)15-5-9(7-16)11(6-15)14(2)3/h4,9,11,16H,5-7H2,1-3H3/t9-,11+/m0/s1. The average molecular weight is 253 g/mol. The van der Waals surface area contributed by atoms with Crippen molar-refractivity contribution >= 4 is 5.91 Å². The molecule has 1 N–H and O–H groups in total. The summed E-state index contributed by atoms with van der Waals surface area (Å²) in [7, 11) is 3.92. The molecule has 1 aliphatic heterocycles. The molecule has 1 fully saturated rings. The number of likely N-dealkylation sites (N-methyl/N-ethyl adjacent to an activating group) is 1. The molecule has 1 aliphatic rings. The molecule has 0 bridgehead atoms. The van der Waals surface area contributed by atoms with Crippen molar-refractivity contribution in [3.63, 3.8) is 0 Å². The van der Waals surface area contributed by atoms with Crippen LogP contribution in [0.1, 0.15) is 16.2 Å². The Morgan fingerprint density at radius 2 is 2.33 bits per heavy atom. The van der Waals surface area contributed by atoms with Crippen LogP contribution in [0.2, 0.25) is 0 Å². The number of nitrogens with zero attached hydrogens (tertiary/aromatic N) is 3. The topological polar surface area (TPSA) is 69.8 Å². The second kappa shape index (κ2) is 5.07. The van der Waals surface area contributed by atoms with Crippen molar-refractivity contribution in [3.8, 4) is 0 Å². The highest BCUT2D eigenvalue weighted by Gasteiger charge is 2.36. The molecule has 1 aromatic rings. The fraction of sp³-hybridized carbons (Fsp3) is 0.667. The normalized spacial score (nSPS) is 23.9. The maximum atomic E-state index is 12.2. The third-order valence-electron chi connectivity index (χ3n) is 3.44. The smallest absolute Gasteiger partial charge is 0.276 e. The van der Waals surface area contributed by atoms with Gasteiger partial charge in [-0.3, -0.25) is 4.79 Å². The van der Waals surface area contributed by atoms with Crippen molar-refractivity contribution in [2.45, 2.75) is 13.0 Å². The molecule has 1 saturated heterocycles. The van der Waals surface area contributed by atoms with E-state index in [9.17, 15) is 9.90 Å². The van der Waals surface area contributed by atoms with Crippen molar-refractivity contribution in [1.82, 2.24) is 15.0 Å². The summed E-state index contributed by atoms with van der Waals surface area (Å²) in [5, 5.41) is 13.1. The van der Waals surface area contributed by atoms with E-state index in [1.54, 1.807) is 17.9 Å². The molecule has 6 nitrogen and oxygen atoms in total. The molecule has 2 heterocycles. The minimum atomic E-state index is -0.130. The molecule has 100 valence electrons. The van der Waals surface area contributed by atoms with E-state index >= 15 is 0 Å². The van der Waals surface area contributed by atoms with Gasteiger partial charge in [-0.15, -0.1) is 0 Å². The van der Waals surface area contributed by atoms with Gasteiger partial charge >= 0.3 is 0 Å². The lowest BCUT2D eigenvalue weighted by atomic mass is 10.0. The second-order valence-corrected chi connectivity index (χ2v) is 5.01. The van der Waals surface area contributed by atoms with Gasteiger partial charge in [-0.05, 0) is 21.0 Å². The van der Waals surface area contributed by atoms with Gasteiger partial charge in [-0.2, -0.15) is 0 Å². The number of aliphatic hydroxyl groups excluding tert-OH is 1. The summed E-state index contributed by atoms with van der Waals surface area (Å²) in [6.45, 7) is 3.02. The fourth-order valence-corrected chi connectivity index (χ4v) is 2.41. The van der Waals surface area contributed by atoms with Crippen LogP contribution in [0.25, 0.3) is 0 Å². The molecular weight excluding hydrogens is 234 g/mol. The SMILES string of the molecule is Cc1cc(C(=O)N2C[C@@H](CO)[C@H](N(C)C)C2)no1. The summed E-state index contributed by atoms with van der Waals surface area (Å²) in [6.07, 6.45) is 0. The third-order valence-corrected chi connectivity index (χ3v) is 3.44. The summed E-state index contributed by atoms with van der Waals surface area (Å²) < 4.78 is 4.92. The van der Waals surface area contributed by atoms with Crippen molar-refractivity contribution < 1.29 is 14.4 Å². The third kappa shape index (κ3) is 2.39. The van der Waals surface area contributed by atoms with E-state index < -0.39 is 0 Å². The summed E-state index contributed by atoms with van der Waals surface area (Å²) >= 11 is 0. The lowest BCUT2D eigenvalue weighted by Gasteiger charge is -2.23. The Hall–Kier alpha value is -1.40. The molecule has 0 spiro atoms. The molecular formula is C12H19N3O3. The molecule has 1 amide bonds. The van der Waals surface area contributed by atoms with E-state index in [4.69, 9.17) is 4.52 Å². The monoisotopic (exact) mass is 253 g/mol. The number of likely N-dealkylation sites (tertiary alicyclic amines) is 1. The number of aromatic nitrogens is 1. The van der Waals surface area contributed by atoms with Gasteiger partial charge in [-0.25, -0.2) is 0 Å². The zero-order valence-electron chi connectivity index (χ0n) is 11.0. The lowest BCUT2D eigenvalue weighted by molar-refractivity contribution is 0.0768. The number of carbonyl (C=O) groups excluding carboxylic acids is 1. The van der Waals surface area contributed by atoms with Crippen LogP contribution in [0.15, 0.2) is 10.6 Å². The molecule has 1 aromatic heterocycles. The number of amides is 1. The molecule has 0 saturated carbocycles. The van der Waals surface area contributed by atoms with Gasteiger partial charge in [0.25, 0.3) is 5.91 Å². The van der Waals surface area contributed by atoms with Crippen LogP contribution in [0.3, 0.4) is 0 Å². The van der Waals surface area contributed by atoms with E-state index in [1.165, 1.54) is 0 Å². The molecule has 2 atom stereocenters. The largest absolute Gasteiger partial charge is 0.396 e. The number of hydrogen-bond acceptors (Lipinski definition) is 5. The fourth-order valence-electron chi connectivity index (χ4n) is 2.41. The van der Waals surface area contributed by atoms with Gasteiger partial charge in [0.05, 0.1) is 0 Å². The summed E-state index contributed by atoms with van der Waals surface area (Å²) in [5.41, 5.74) is 0.337. The molecule has 0 aliphatic carbocycles. The number of carbonyl (C=O) groups is 1. The van der Waals surface area contributed by atoms with Crippen molar-refractivity contribution in [2.24, 2.45) is 5.92 Å². The molecule has 18 heavy (non-hydrogen) atoms. The van der Waals surface area contributed by atoms with Crippen molar-refractivity contribution in [1.29, 1.82) is 0 Å². The van der Waals surface area contributed by atoms with Crippen LogP contribution in [0.4, 0.5) is 0 Å². The Balaban J connectivity index is 2.09. The maximum absolute atomic E-state index is 12.2. The van der Waals surface area contributed by atoms with E-state index in [0.717, 1.165) is 0 Å². The first-order valence-corrected chi connectivity index (χ1v) is 6.02. The highest BCUT2D eigenvalue weighted by atomic mass is 16.5. The molecule has 6 heteroatoms. The first-order chi connectivity index (χ1) is 8.52. The van der Waals surface area contributed by atoms with Crippen LogP contribution in [0.5, 0.6) is 0 Å². The van der Waals surface area contributed by atoms with E-state index in [-0.39, 0.29) is 24.5 Å². The Kier molecular flexibility index (Phi) is 3.68. The Morgan fingerprint density at radius 3 is 2.78 bits per heavy atom. The Labute approximate surface area is 106 Å². The van der Waals surface area contributed by atoms with Crippen LogP contribution in [-0.4, -0.2) is 65.8 Å². The van der Waals surface area contributed by atoms with Gasteiger partial charge in [0.2, 0.25) is 0 Å². The minimum Gasteiger partial charge on any atom is -0.396 e. The Morgan fingerprint density at radius 1 is 1.61 bits per heavy atom. The molecule has 2 rings (SSSR count). The van der Waals surface area contributed by atoms with E-state index in [2.05, 4.69) is 5.16 Å². The zero-order chi connectivity index (χ0) is 13.3. The van der Waals surface area contributed by atoms with E-state index in [0.29, 0.717) is 24.5 Å². The van der Waals surface area contributed by atoms with E-state index in [1.807, 2.05) is 19.0 Å². The van der Waals surface area contributed by atoms with Crippen LogP contribution >= 0.6 is 0 Å². The van der Waals surface area contributed by atoms with Gasteiger partial charge < -0.3 is 19.4 Å². The van der Waals surface area contributed by atoms with Crippen LogP contribution < -0.4 is 0 Å². The molecule has 0 aromatic carbocycles. The first kappa shape index (κ1) is 13.0. The number of rotatable bonds is 3. The maximum Gasteiger partial charge on any atom is 0.276 e. The molecule has 0 radical (unpaired) electrons. The minimum absolute atomic E-state index is 0.0878. The highest BCUT2D eigenvalue weighted by molar-refractivity contribution is 5.92. The summed E-state index contributed by atoms with van der Waals surface area (Å²) in [6, 6.07) is 1.83. The number of hydrogen-bond donors (Lipinski definition) is 1. The summed E-state index contributed by atoms with van der Waals surface area (Å²) in [5.74, 6) is 0.590. The Bertz CT molecular complexity index is 430. The zero-order valence-corrected chi connectivity index (χ0v) is 11.0. The van der Waals surface area contributed by atoms with Gasteiger partial charge in [0.1, 0.15) is 5.76 Å². The van der Waals surface area contributed by atoms with Crippen molar-refractivity contribution in [3.05, 3.63) is 17.5 Å². The van der Waals surface area contributed by atoms with Gasteiger partial charge in [0.15, 0.2) is 5.69 Å². The van der Waals surface area contributed by atoms with Gasteiger partial charge in [0, 0.05) is 37.7 Å². The predicted molar refractivity (Wildman–Crippen MR) is 65.2 cm³/mol.